The lowest BCUT2D eigenvalue weighted by molar-refractivity contribution is 0.172. The van der Waals surface area contributed by atoms with Gasteiger partial charge in [0.15, 0.2) is 0 Å². The molecule has 0 fully saturated rings. The molecule has 4 nitrogen and oxygen atoms in total. The fourth-order valence-electron chi connectivity index (χ4n) is 2.49. The van der Waals surface area contributed by atoms with Gasteiger partial charge in [-0.15, -0.1) is 24.2 Å². The quantitative estimate of drug-likeness (QED) is 0.593. The first-order valence-electron chi connectivity index (χ1n) is 8.40. The van der Waals surface area contributed by atoms with Crippen LogP contribution in [0.2, 0.25) is 0 Å². The molecule has 7 heteroatoms. The highest BCUT2D eigenvalue weighted by Crippen LogP contribution is 2.28. The van der Waals surface area contributed by atoms with Crippen LogP contribution in [-0.2, 0) is 0 Å². The van der Waals surface area contributed by atoms with Crippen molar-refractivity contribution in [3.8, 4) is 5.75 Å². The summed E-state index contributed by atoms with van der Waals surface area (Å²) < 4.78 is 18.2. The average Bonchev–Trinajstić information content (AvgIpc) is 2.61. The molecule has 0 aliphatic heterocycles. The molecule has 0 N–H and O–H groups in total. The molecule has 1 amide bonds. The van der Waals surface area contributed by atoms with Crippen molar-refractivity contribution in [2.45, 2.75) is 17.4 Å². The van der Waals surface area contributed by atoms with Crippen molar-refractivity contribution in [3.63, 3.8) is 0 Å². The Hall–Kier alpha value is -1.76. The van der Waals surface area contributed by atoms with E-state index in [-0.39, 0.29) is 24.3 Å². The molecule has 0 saturated heterocycles. The summed E-state index contributed by atoms with van der Waals surface area (Å²) in [6, 6.07) is 14.5. The zero-order valence-corrected chi connectivity index (χ0v) is 17.6. The van der Waals surface area contributed by atoms with Crippen LogP contribution in [0, 0.1) is 5.82 Å². The Morgan fingerprint density at radius 2 is 1.63 bits per heavy atom. The third kappa shape index (κ3) is 7.40. The van der Waals surface area contributed by atoms with Crippen molar-refractivity contribution in [1.29, 1.82) is 0 Å². The van der Waals surface area contributed by atoms with Crippen LogP contribution in [0.1, 0.15) is 18.0 Å². The number of thioether (sulfide) groups is 1. The van der Waals surface area contributed by atoms with Crippen LogP contribution < -0.4 is 4.74 Å². The van der Waals surface area contributed by atoms with Crippen molar-refractivity contribution in [2.24, 2.45) is 0 Å². The van der Waals surface area contributed by atoms with Crippen LogP contribution >= 0.6 is 24.2 Å². The van der Waals surface area contributed by atoms with E-state index in [1.54, 1.807) is 38.0 Å². The molecule has 1 unspecified atom stereocenters. The van der Waals surface area contributed by atoms with Crippen LogP contribution in [0.15, 0.2) is 53.4 Å². The first-order valence-corrected chi connectivity index (χ1v) is 9.39. The average molecular weight is 413 g/mol. The lowest BCUT2D eigenvalue weighted by Crippen LogP contribution is -2.25. The van der Waals surface area contributed by atoms with Crippen molar-refractivity contribution >= 4 is 30.3 Å². The molecule has 27 heavy (non-hydrogen) atoms. The van der Waals surface area contributed by atoms with Gasteiger partial charge in [0.2, 0.25) is 0 Å². The Labute approximate surface area is 171 Å². The van der Waals surface area contributed by atoms with E-state index in [1.165, 1.54) is 22.6 Å². The number of amides is 1. The standard InChI is InChI=1S/C20H25FN2O2S.ClH/c1-22(2)19(13-14-26-18-11-7-16(21)8-12-18)15-5-9-17(10-6-15)25-20(24)23(3)4;/h5-12,19H,13-14H2,1-4H3;1H. The third-order valence-electron chi connectivity index (χ3n) is 3.93. The molecule has 0 aliphatic rings. The number of halogens is 2. The number of nitrogens with zero attached hydrogens (tertiary/aromatic N) is 2. The summed E-state index contributed by atoms with van der Waals surface area (Å²) in [5.74, 6) is 1.24. The molecule has 2 rings (SSSR count). The number of rotatable bonds is 7. The van der Waals surface area contributed by atoms with E-state index in [0.717, 1.165) is 17.1 Å². The summed E-state index contributed by atoms with van der Waals surface area (Å²) >= 11 is 1.72. The fraction of sp³-hybridized carbons (Fsp3) is 0.350. The number of carbonyl (C=O) groups is 1. The maximum Gasteiger partial charge on any atom is 0.414 e. The highest BCUT2D eigenvalue weighted by atomic mass is 35.5. The minimum Gasteiger partial charge on any atom is -0.410 e. The first-order chi connectivity index (χ1) is 12.4. The molecule has 0 aromatic heterocycles. The van der Waals surface area contributed by atoms with E-state index in [9.17, 15) is 9.18 Å². The second-order valence-electron chi connectivity index (χ2n) is 6.40. The van der Waals surface area contributed by atoms with Crippen LogP contribution in [0.25, 0.3) is 0 Å². The van der Waals surface area contributed by atoms with E-state index in [0.29, 0.717) is 5.75 Å². The highest BCUT2D eigenvalue weighted by Gasteiger charge is 2.15. The smallest absolute Gasteiger partial charge is 0.410 e. The number of benzene rings is 2. The second-order valence-corrected chi connectivity index (χ2v) is 7.57. The Balaban J connectivity index is 0.00000364. The summed E-state index contributed by atoms with van der Waals surface area (Å²) in [5, 5.41) is 0. The van der Waals surface area contributed by atoms with Crippen LogP contribution in [-0.4, -0.2) is 49.8 Å². The maximum atomic E-state index is 13.0. The number of ether oxygens (including phenoxy) is 1. The summed E-state index contributed by atoms with van der Waals surface area (Å²) in [6.07, 6.45) is 0.559. The Morgan fingerprint density at radius 1 is 1.04 bits per heavy atom. The van der Waals surface area contributed by atoms with Crippen molar-refractivity contribution in [2.75, 3.05) is 33.9 Å². The summed E-state index contributed by atoms with van der Waals surface area (Å²) in [5.41, 5.74) is 1.17. The van der Waals surface area contributed by atoms with Crippen molar-refractivity contribution in [3.05, 3.63) is 59.9 Å². The van der Waals surface area contributed by atoms with Gasteiger partial charge in [0.25, 0.3) is 0 Å². The number of hydrogen-bond donors (Lipinski definition) is 0. The Kier molecular flexibility index (Phi) is 9.63. The largest absolute Gasteiger partial charge is 0.414 e. The van der Waals surface area contributed by atoms with E-state index in [1.807, 2.05) is 38.4 Å². The molecule has 0 saturated carbocycles. The molecule has 2 aromatic carbocycles. The second kappa shape index (κ2) is 11.2. The van der Waals surface area contributed by atoms with Gasteiger partial charge >= 0.3 is 6.09 Å². The van der Waals surface area contributed by atoms with E-state index >= 15 is 0 Å². The SMILES string of the molecule is CN(C)C(=O)Oc1ccc(C(CCSc2ccc(F)cc2)N(C)C)cc1.Cl. The van der Waals surface area contributed by atoms with Gasteiger partial charge in [0, 0.05) is 25.0 Å². The molecule has 148 valence electrons. The van der Waals surface area contributed by atoms with E-state index < -0.39 is 6.09 Å². The number of hydrogen-bond acceptors (Lipinski definition) is 4. The minimum absolute atomic E-state index is 0. The van der Waals surface area contributed by atoms with Gasteiger partial charge in [-0.2, -0.15) is 0 Å². The topological polar surface area (TPSA) is 32.8 Å². The van der Waals surface area contributed by atoms with Crippen LogP contribution in [0.4, 0.5) is 9.18 Å². The molecule has 0 aliphatic carbocycles. The fourth-order valence-corrected chi connectivity index (χ4v) is 3.40. The van der Waals surface area contributed by atoms with Crippen molar-refractivity contribution in [1.82, 2.24) is 9.80 Å². The van der Waals surface area contributed by atoms with Crippen molar-refractivity contribution < 1.29 is 13.9 Å². The number of carbonyl (C=O) groups excluding carboxylic acids is 1. The molecular weight excluding hydrogens is 387 g/mol. The van der Waals surface area contributed by atoms with E-state index in [2.05, 4.69) is 4.90 Å². The first kappa shape index (κ1) is 23.3. The Morgan fingerprint density at radius 3 is 2.15 bits per heavy atom. The molecule has 0 bridgehead atoms. The van der Waals surface area contributed by atoms with Gasteiger partial charge in [-0.1, -0.05) is 12.1 Å². The molecule has 0 heterocycles. The van der Waals surface area contributed by atoms with E-state index in [4.69, 9.17) is 4.74 Å². The summed E-state index contributed by atoms with van der Waals surface area (Å²) in [7, 11) is 7.40. The molecule has 0 radical (unpaired) electrons. The van der Waals surface area contributed by atoms with Gasteiger partial charge in [-0.05, 0) is 68.2 Å². The minimum atomic E-state index is -0.391. The predicted molar refractivity (Wildman–Crippen MR) is 112 cm³/mol. The molecular formula is C20H26ClFN2O2S. The van der Waals surface area contributed by atoms with Gasteiger partial charge in [-0.3, -0.25) is 0 Å². The zero-order valence-electron chi connectivity index (χ0n) is 16.0. The lowest BCUT2D eigenvalue weighted by Gasteiger charge is -2.25. The molecule has 2 aromatic rings. The zero-order chi connectivity index (χ0) is 19.1. The monoisotopic (exact) mass is 412 g/mol. The van der Waals surface area contributed by atoms with Crippen LogP contribution in [0.5, 0.6) is 5.75 Å². The maximum absolute atomic E-state index is 13.0. The summed E-state index contributed by atoms with van der Waals surface area (Å²) in [4.78, 5) is 16.2. The molecule has 0 spiro atoms. The van der Waals surface area contributed by atoms with Crippen LogP contribution in [0.3, 0.4) is 0 Å². The Bertz CT molecular complexity index is 709. The molecule has 1 atom stereocenters. The van der Waals surface area contributed by atoms with Gasteiger partial charge in [0.1, 0.15) is 11.6 Å². The predicted octanol–water partition coefficient (Wildman–Crippen LogP) is 5.09. The van der Waals surface area contributed by atoms with Gasteiger partial charge in [0.05, 0.1) is 0 Å². The highest BCUT2D eigenvalue weighted by molar-refractivity contribution is 7.99. The van der Waals surface area contributed by atoms with Gasteiger partial charge in [-0.25, -0.2) is 9.18 Å². The summed E-state index contributed by atoms with van der Waals surface area (Å²) in [6.45, 7) is 0. The van der Waals surface area contributed by atoms with Gasteiger partial charge < -0.3 is 14.5 Å². The lowest BCUT2D eigenvalue weighted by atomic mass is 10.0. The third-order valence-corrected chi connectivity index (χ3v) is 4.98. The normalized spacial score (nSPS) is 11.6.